The highest BCUT2D eigenvalue weighted by atomic mass is 16.3. The Kier molecular flexibility index (Phi) is 7.26. The highest BCUT2D eigenvalue weighted by Crippen LogP contribution is 2.26. The van der Waals surface area contributed by atoms with Crippen molar-refractivity contribution in [1.29, 1.82) is 0 Å². The molecule has 2 atom stereocenters. The molecule has 0 saturated heterocycles. The molecule has 0 aromatic rings. The third-order valence-corrected chi connectivity index (χ3v) is 3.46. The van der Waals surface area contributed by atoms with Crippen LogP contribution in [0.1, 0.15) is 72.6 Å². The molecule has 0 radical (unpaired) electrons. The predicted molar refractivity (Wildman–Crippen MR) is 63.5 cm³/mol. The molecule has 0 aliphatic carbocycles. The summed E-state index contributed by atoms with van der Waals surface area (Å²) in [6, 6.07) is 0. The van der Waals surface area contributed by atoms with Gasteiger partial charge in [-0.1, -0.05) is 59.3 Å². The highest BCUT2D eigenvalue weighted by Gasteiger charge is 2.25. The van der Waals surface area contributed by atoms with Crippen molar-refractivity contribution < 1.29 is 5.11 Å². The fourth-order valence-electron chi connectivity index (χ4n) is 1.77. The predicted octanol–water partition coefficient (Wildman–Crippen LogP) is 4.14. The van der Waals surface area contributed by atoms with Gasteiger partial charge in [-0.3, -0.25) is 0 Å². The molecule has 2 unspecified atom stereocenters. The molecular weight excluding hydrogens is 172 g/mol. The van der Waals surface area contributed by atoms with Gasteiger partial charge < -0.3 is 5.11 Å². The van der Waals surface area contributed by atoms with E-state index >= 15 is 0 Å². The topological polar surface area (TPSA) is 20.2 Å². The van der Waals surface area contributed by atoms with E-state index in [1.807, 2.05) is 6.92 Å². The second-order valence-corrected chi connectivity index (χ2v) is 4.83. The van der Waals surface area contributed by atoms with Crippen molar-refractivity contribution in [2.24, 2.45) is 5.92 Å². The van der Waals surface area contributed by atoms with E-state index in [0.717, 1.165) is 12.8 Å². The van der Waals surface area contributed by atoms with Crippen LogP contribution in [-0.2, 0) is 0 Å². The fraction of sp³-hybridized carbons (Fsp3) is 1.00. The molecule has 1 N–H and O–H groups in total. The van der Waals surface area contributed by atoms with Crippen molar-refractivity contribution in [3.8, 4) is 0 Å². The Morgan fingerprint density at radius 2 is 1.64 bits per heavy atom. The van der Waals surface area contributed by atoms with E-state index in [1.165, 1.54) is 32.1 Å². The lowest BCUT2D eigenvalue weighted by molar-refractivity contribution is -0.00533. The minimum atomic E-state index is -0.443. The molecule has 86 valence electrons. The minimum absolute atomic E-state index is 0.425. The first-order valence-corrected chi connectivity index (χ1v) is 6.27. The number of unbranched alkanes of at least 4 members (excludes halogenated alkanes) is 4. The van der Waals surface area contributed by atoms with Crippen LogP contribution in [0.3, 0.4) is 0 Å². The molecule has 14 heavy (non-hydrogen) atoms. The Morgan fingerprint density at radius 3 is 2.14 bits per heavy atom. The second kappa shape index (κ2) is 7.28. The van der Waals surface area contributed by atoms with Gasteiger partial charge in [-0.25, -0.2) is 0 Å². The van der Waals surface area contributed by atoms with Gasteiger partial charge in [0, 0.05) is 0 Å². The van der Waals surface area contributed by atoms with Gasteiger partial charge >= 0.3 is 0 Å². The summed E-state index contributed by atoms with van der Waals surface area (Å²) in [5.41, 5.74) is -0.443. The summed E-state index contributed by atoms with van der Waals surface area (Å²) in [4.78, 5) is 0. The quantitative estimate of drug-likeness (QED) is 0.584. The molecule has 0 aromatic heterocycles. The van der Waals surface area contributed by atoms with Crippen LogP contribution in [-0.4, -0.2) is 10.7 Å². The maximum atomic E-state index is 10.1. The molecule has 0 heterocycles. The Labute approximate surface area is 89.9 Å². The smallest absolute Gasteiger partial charge is 0.0645 e. The second-order valence-electron chi connectivity index (χ2n) is 4.83. The molecule has 0 bridgehead atoms. The van der Waals surface area contributed by atoms with Crippen LogP contribution in [0.2, 0.25) is 0 Å². The van der Waals surface area contributed by atoms with Gasteiger partial charge in [-0.2, -0.15) is 0 Å². The molecule has 0 amide bonds. The Balaban J connectivity index is 3.55. The molecular formula is C13H28O. The standard InChI is InChI=1S/C13H28O/c1-5-7-8-9-10-11-13(4,14)12(3)6-2/h12,14H,5-11H2,1-4H3. The van der Waals surface area contributed by atoms with Crippen molar-refractivity contribution in [3.63, 3.8) is 0 Å². The summed E-state index contributed by atoms with van der Waals surface area (Å²) >= 11 is 0. The number of rotatable bonds is 8. The minimum Gasteiger partial charge on any atom is -0.390 e. The molecule has 0 aliphatic heterocycles. The number of hydrogen-bond acceptors (Lipinski definition) is 1. The van der Waals surface area contributed by atoms with Crippen LogP contribution in [0.5, 0.6) is 0 Å². The van der Waals surface area contributed by atoms with Crippen LogP contribution in [0.15, 0.2) is 0 Å². The van der Waals surface area contributed by atoms with Crippen molar-refractivity contribution >= 4 is 0 Å². The van der Waals surface area contributed by atoms with E-state index in [4.69, 9.17) is 0 Å². The van der Waals surface area contributed by atoms with Crippen molar-refractivity contribution in [3.05, 3.63) is 0 Å². The molecule has 1 nitrogen and oxygen atoms in total. The van der Waals surface area contributed by atoms with Gasteiger partial charge in [0.25, 0.3) is 0 Å². The Morgan fingerprint density at radius 1 is 1.07 bits per heavy atom. The zero-order valence-electron chi connectivity index (χ0n) is 10.5. The van der Waals surface area contributed by atoms with Crippen LogP contribution in [0.25, 0.3) is 0 Å². The van der Waals surface area contributed by atoms with E-state index < -0.39 is 5.60 Å². The zero-order chi connectivity index (χ0) is 11.0. The maximum absolute atomic E-state index is 10.1. The van der Waals surface area contributed by atoms with E-state index in [0.29, 0.717) is 5.92 Å². The summed E-state index contributed by atoms with van der Waals surface area (Å²) in [6.07, 6.45) is 8.45. The fourth-order valence-corrected chi connectivity index (χ4v) is 1.77. The van der Waals surface area contributed by atoms with E-state index in [9.17, 15) is 5.11 Å². The number of aliphatic hydroxyl groups is 1. The lowest BCUT2D eigenvalue weighted by atomic mass is 9.84. The van der Waals surface area contributed by atoms with E-state index in [2.05, 4.69) is 20.8 Å². The Hall–Kier alpha value is -0.0400. The third-order valence-electron chi connectivity index (χ3n) is 3.46. The SMILES string of the molecule is CCCCCCCC(C)(O)C(C)CC. The first-order valence-electron chi connectivity index (χ1n) is 6.27. The Bertz CT molecular complexity index is 129. The van der Waals surface area contributed by atoms with Crippen molar-refractivity contribution in [1.82, 2.24) is 0 Å². The third kappa shape index (κ3) is 5.64. The molecule has 1 heteroatoms. The first kappa shape index (κ1) is 14.0. The molecule has 0 aromatic carbocycles. The molecule has 0 fully saturated rings. The molecule has 0 aliphatic rings. The van der Waals surface area contributed by atoms with Gasteiger partial charge in [0.05, 0.1) is 5.60 Å². The lowest BCUT2D eigenvalue weighted by Gasteiger charge is -2.29. The monoisotopic (exact) mass is 200 g/mol. The summed E-state index contributed by atoms with van der Waals surface area (Å²) in [5.74, 6) is 0.425. The average Bonchev–Trinajstić information content (AvgIpc) is 2.16. The van der Waals surface area contributed by atoms with Gasteiger partial charge in [0.1, 0.15) is 0 Å². The van der Waals surface area contributed by atoms with Crippen LogP contribution >= 0.6 is 0 Å². The first-order chi connectivity index (χ1) is 6.54. The van der Waals surface area contributed by atoms with Gasteiger partial charge in [0.2, 0.25) is 0 Å². The molecule has 0 spiro atoms. The van der Waals surface area contributed by atoms with Crippen LogP contribution < -0.4 is 0 Å². The lowest BCUT2D eigenvalue weighted by Crippen LogP contribution is -2.32. The normalized spacial score (nSPS) is 17.8. The summed E-state index contributed by atoms with van der Waals surface area (Å²) in [6.45, 7) is 8.51. The largest absolute Gasteiger partial charge is 0.390 e. The van der Waals surface area contributed by atoms with E-state index in [-0.39, 0.29) is 0 Å². The van der Waals surface area contributed by atoms with Gasteiger partial charge in [-0.05, 0) is 19.3 Å². The number of hydrogen-bond donors (Lipinski definition) is 1. The van der Waals surface area contributed by atoms with Crippen LogP contribution in [0.4, 0.5) is 0 Å². The molecule has 0 rings (SSSR count). The van der Waals surface area contributed by atoms with E-state index in [1.54, 1.807) is 0 Å². The molecule has 0 saturated carbocycles. The summed E-state index contributed by atoms with van der Waals surface area (Å²) in [5, 5.41) is 10.1. The maximum Gasteiger partial charge on any atom is 0.0645 e. The summed E-state index contributed by atoms with van der Waals surface area (Å²) < 4.78 is 0. The van der Waals surface area contributed by atoms with Crippen LogP contribution in [0, 0.1) is 5.92 Å². The highest BCUT2D eigenvalue weighted by molar-refractivity contribution is 4.77. The van der Waals surface area contributed by atoms with Crippen molar-refractivity contribution in [2.45, 2.75) is 78.2 Å². The zero-order valence-corrected chi connectivity index (χ0v) is 10.5. The van der Waals surface area contributed by atoms with Crippen molar-refractivity contribution in [2.75, 3.05) is 0 Å². The van der Waals surface area contributed by atoms with Gasteiger partial charge in [0.15, 0.2) is 0 Å². The summed E-state index contributed by atoms with van der Waals surface area (Å²) in [7, 11) is 0. The average molecular weight is 200 g/mol. The van der Waals surface area contributed by atoms with Gasteiger partial charge in [-0.15, -0.1) is 0 Å².